The van der Waals surface area contributed by atoms with Crippen LogP contribution in [-0.2, 0) is 6.54 Å². The zero-order chi connectivity index (χ0) is 19.1. The molecule has 6 nitrogen and oxygen atoms in total. The Bertz CT molecular complexity index is 1010. The van der Waals surface area contributed by atoms with Crippen LogP contribution >= 0.6 is 0 Å². The highest BCUT2D eigenvalue weighted by Gasteiger charge is 2.12. The largest absolute Gasteiger partial charge is 0.348 e. The van der Waals surface area contributed by atoms with Crippen LogP contribution in [0.4, 0.5) is 5.69 Å². The lowest BCUT2D eigenvalue weighted by Gasteiger charge is -2.08. The summed E-state index contributed by atoms with van der Waals surface area (Å²) in [5, 5.41) is 14.4. The van der Waals surface area contributed by atoms with Gasteiger partial charge < -0.3 is 10.6 Å². The first-order valence-electron chi connectivity index (χ1n) is 8.25. The minimum absolute atomic E-state index is 0.115. The normalized spacial score (nSPS) is 9.89. The van der Waals surface area contributed by atoms with E-state index in [4.69, 9.17) is 5.26 Å². The second-order valence-corrected chi connectivity index (χ2v) is 5.74. The zero-order valence-corrected chi connectivity index (χ0v) is 14.3. The van der Waals surface area contributed by atoms with Crippen molar-refractivity contribution in [3.63, 3.8) is 0 Å². The van der Waals surface area contributed by atoms with E-state index in [0.29, 0.717) is 23.4 Å². The van der Waals surface area contributed by atoms with E-state index in [-0.39, 0.29) is 11.6 Å². The second-order valence-electron chi connectivity index (χ2n) is 5.74. The SMILES string of the molecule is N#Cc1cccc(NC(=O)c2cc(C(=O)NCc3ccccc3)ccn2)c1. The Kier molecular flexibility index (Phi) is 5.55. The average molecular weight is 356 g/mol. The van der Waals surface area contributed by atoms with Gasteiger partial charge in [-0.25, -0.2) is 0 Å². The fraction of sp³-hybridized carbons (Fsp3) is 0.0476. The highest BCUT2D eigenvalue weighted by molar-refractivity contribution is 6.04. The third-order valence-corrected chi connectivity index (χ3v) is 3.80. The zero-order valence-electron chi connectivity index (χ0n) is 14.3. The van der Waals surface area contributed by atoms with Gasteiger partial charge in [0.05, 0.1) is 11.6 Å². The van der Waals surface area contributed by atoms with E-state index in [1.165, 1.54) is 12.3 Å². The van der Waals surface area contributed by atoms with Crippen molar-refractivity contribution in [1.29, 1.82) is 5.26 Å². The van der Waals surface area contributed by atoms with Crippen LogP contribution in [0.15, 0.2) is 72.9 Å². The molecular weight excluding hydrogens is 340 g/mol. The van der Waals surface area contributed by atoms with Gasteiger partial charge in [-0.2, -0.15) is 5.26 Å². The third-order valence-electron chi connectivity index (χ3n) is 3.80. The van der Waals surface area contributed by atoms with Crippen molar-refractivity contribution in [2.45, 2.75) is 6.54 Å². The van der Waals surface area contributed by atoms with Gasteiger partial charge in [-0.15, -0.1) is 0 Å². The Balaban J connectivity index is 1.68. The second kappa shape index (κ2) is 8.41. The first-order valence-corrected chi connectivity index (χ1v) is 8.25. The van der Waals surface area contributed by atoms with Crippen LogP contribution in [0.25, 0.3) is 0 Å². The number of carbonyl (C=O) groups is 2. The van der Waals surface area contributed by atoms with Crippen LogP contribution in [0.5, 0.6) is 0 Å². The van der Waals surface area contributed by atoms with Gasteiger partial charge in [-0.05, 0) is 35.9 Å². The van der Waals surface area contributed by atoms with Gasteiger partial charge in [0.25, 0.3) is 11.8 Å². The van der Waals surface area contributed by atoms with E-state index in [2.05, 4.69) is 15.6 Å². The van der Waals surface area contributed by atoms with Crippen molar-refractivity contribution in [3.05, 3.63) is 95.3 Å². The standard InChI is InChI=1S/C21H16N4O2/c22-13-16-7-4-8-18(11-16)25-21(27)19-12-17(9-10-23-19)20(26)24-14-15-5-2-1-3-6-15/h1-12H,14H2,(H,24,26)(H,25,27). The van der Waals surface area contributed by atoms with Gasteiger partial charge in [0, 0.05) is 24.0 Å². The van der Waals surface area contributed by atoms with Crippen molar-refractivity contribution in [2.24, 2.45) is 0 Å². The number of aromatic nitrogens is 1. The van der Waals surface area contributed by atoms with E-state index in [0.717, 1.165) is 5.56 Å². The van der Waals surface area contributed by atoms with E-state index in [1.54, 1.807) is 30.3 Å². The number of nitrogens with zero attached hydrogens (tertiary/aromatic N) is 2. The van der Waals surface area contributed by atoms with Crippen molar-refractivity contribution in [1.82, 2.24) is 10.3 Å². The van der Waals surface area contributed by atoms with Crippen LogP contribution in [0.1, 0.15) is 32.0 Å². The Morgan fingerprint density at radius 2 is 1.78 bits per heavy atom. The summed E-state index contributed by atoms with van der Waals surface area (Å²) in [6.07, 6.45) is 1.41. The average Bonchev–Trinajstić information content (AvgIpc) is 2.73. The van der Waals surface area contributed by atoms with Gasteiger partial charge in [0.1, 0.15) is 5.69 Å². The summed E-state index contributed by atoms with van der Waals surface area (Å²) >= 11 is 0. The van der Waals surface area contributed by atoms with E-state index in [1.807, 2.05) is 36.4 Å². The Labute approximate surface area is 156 Å². The number of pyridine rings is 1. The topological polar surface area (TPSA) is 94.9 Å². The van der Waals surface area contributed by atoms with Crippen molar-refractivity contribution < 1.29 is 9.59 Å². The van der Waals surface area contributed by atoms with Crippen LogP contribution < -0.4 is 10.6 Å². The summed E-state index contributed by atoms with van der Waals surface area (Å²) in [6.45, 7) is 0.393. The molecule has 0 bridgehead atoms. The Morgan fingerprint density at radius 3 is 2.56 bits per heavy atom. The molecule has 2 aromatic carbocycles. The number of hydrogen-bond donors (Lipinski definition) is 2. The lowest BCUT2D eigenvalue weighted by Crippen LogP contribution is -2.23. The highest BCUT2D eigenvalue weighted by atomic mass is 16.2. The summed E-state index contributed by atoms with van der Waals surface area (Å²) < 4.78 is 0. The molecule has 3 aromatic rings. The number of amides is 2. The quantitative estimate of drug-likeness (QED) is 0.734. The molecule has 0 fully saturated rings. The smallest absolute Gasteiger partial charge is 0.274 e. The molecule has 27 heavy (non-hydrogen) atoms. The molecule has 0 atom stereocenters. The number of carbonyl (C=O) groups excluding carboxylic acids is 2. The number of nitrogens with one attached hydrogen (secondary N) is 2. The highest BCUT2D eigenvalue weighted by Crippen LogP contribution is 2.12. The molecule has 3 rings (SSSR count). The molecule has 0 saturated carbocycles. The predicted octanol–water partition coefficient (Wildman–Crippen LogP) is 3.14. The van der Waals surface area contributed by atoms with E-state index in [9.17, 15) is 9.59 Å². The third kappa shape index (κ3) is 4.77. The molecule has 132 valence electrons. The van der Waals surface area contributed by atoms with Gasteiger partial charge >= 0.3 is 0 Å². The maximum Gasteiger partial charge on any atom is 0.274 e. The summed E-state index contributed by atoms with van der Waals surface area (Å²) in [7, 11) is 0. The molecular formula is C21H16N4O2. The molecule has 0 aliphatic heterocycles. The number of benzene rings is 2. The van der Waals surface area contributed by atoms with Crippen LogP contribution in [0.2, 0.25) is 0 Å². The number of rotatable bonds is 5. The van der Waals surface area contributed by atoms with Crippen LogP contribution in [0, 0.1) is 11.3 Å². The molecule has 0 unspecified atom stereocenters. The molecule has 2 amide bonds. The molecule has 0 radical (unpaired) electrons. The number of nitriles is 1. The first-order chi connectivity index (χ1) is 13.2. The van der Waals surface area contributed by atoms with Gasteiger partial charge in [-0.3, -0.25) is 14.6 Å². The summed E-state index contributed by atoms with van der Waals surface area (Å²) in [6, 6.07) is 21.1. The van der Waals surface area contributed by atoms with E-state index < -0.39 is 5.91 Å². The fourth-order valence-electron chi connectivity index (χ4n) is 2.44. The predicted molar refractivity (Wildman–Crippen MR) is 101 cm³/mol. The summed E-state index contributed by atoms with van der Waals surface area (Å²) in [4.78, 5) is 28.7. The van der Waals surface area contributed by atoms with Crippen molar-refractivity contribution in [2.75, 3.05) is 5.32 Å². The molecule has 0 aliphatic rings. The maximum absolute atomic E-state index is 12.4. The molecule has 1 aromatic heterocycles. The minimum atomic E-state index is -0.456. The van der Waals surface area contributed by atoms with Gasteiger partial charge in [0.15, 0.2) is 0 Å². The van der Waals surface area contributed by atoms with Crippen LogP contribution in [-0.4, -0.2) is 16.8 Å². The fourth-order valence-corrected chi connectivity index (χ4v) is 2.44. The molecule has 0 aliphatic carbocycles. The molecule has 2 N–H and O–H groups in total. The Morgan fingerprint density at radius 1 is 0.963 bits per heavy atom. The molecule has 1 heterocycles. The number of hydrogen-bond acceptors (Lipinski definition) is 4. The molecule has 0 saturated heterocycles. The maximum atomic E-state index is 12.4. The Hall–Kier alpha value is -3.98. The summed E-state index contributed by atoms with van der Waals surface area (Å²) in [5.74, 6) is -0.746. The van der Waals surface area contributed by atoms with Gasteiger partial charge in [0.2, 0.25) is 0 Å². The lowest BCUT2D eigenvalue weighted by molar-refractivity contribution is 0.0951. The molecule has 0 spiro atoms. The van der Waals surface area contributed by atoms with Crippen molar-refractivity contribution in [3.8, 4) is 6.07 Å². The minimum Gasteiger partial charge on any atom is -0.348 e. The van der Waals surface area contributed by atoms with Crippen LogP contribution in [0.3, 0.4) is 0 Å². The van der Waals surface area contributed by atoms with Crippen molar-refractivity contribution >= 4 is 17.5 Å². The monoisotopic (exact) mass is 356 g/mol. The molecule has 6 heteroatoms. The lowest BCUT2D eigenvalue weighted by atomic mass is 10.2. The summed E-state index contributed by atoms with van der Waals surface area (Å²) in [5.41, 5.74) is 2.37. The van der Waals surface area contributed by atoms with E-state index >= 15 is 0 Å². The first kappa shape index (κ1) is 17.8. The number of anilines is 1. The van der Waals surface area contributed by atoms with Gasteiger partial charge in [-0.1, -0.05) is 36.4 Å².